The molecule has 0 bridgehead atoms. The third-order valence-electron chi connectivity index (χ3n) is 2.72. The highest BCUT2D eigenvalue weighted by Crippen LogP contribution is 2.30. The Morgan fingerprint density at radius 2 is 1.65 bits per heavy atom. The predicted octanol–water partition coefficient (Wildman–Crippen LogP) is 4.33. The average molecular weight is 373 g/mol. The van der Waals surface area contributed by atoms with Crippen molar-refractivity contribution in [2.24, 2.45) is 5.92 Å². The van der Waals surface area contributed by atoms with Gasteiger partial charge in [0.05, 0.1) is 4.90 Å². The standard InChI is InChI=1S/C13H16BrF3O2S/c1-9(2)7-11(14)8-10-3-5-12(6-4-10)20(18,19)13(15,16)17/h3-6,9,11H,7-8H2,1-2H3. The summed E-state index contributed by atoms with van der Waals surface area (Å²) in [5.41, 5.74) is -4.46. The maximum absolute atomic E-state index is 12.4. The van der Waals surface area contributed by atoms with Crippen LogP contribution in [0.5, 0.6) is 0 Å². The highest BCUT2D eigenvalue weighted by atomic mass is 79.9. The van der Waals surface area contributed by atoms with Gasteiger partial charge in [-0.3, -0.25) is 0 Å². The maximum atomic E-state index is 12.4. The number of benzene rings is 1. The van der Waals surface area contributed by atoms with Crippen LogP contribution in [0.15, 0.2) is 29.2 Å². The molecular weight excluding hydrogens is 357 g/mol. The van der Waals surface area contributed by atoms with Crippen LogP contribution >= 0.6 is 15.9 Å². The van der Waals surface area contributed by atoms with Gasteiger partial charge in [0.1, 0.15) is 0 Å². The zero-order valence-corrected chi connectivity index (χ0v) is 13.5. The van der Waals surface area contributed by atoms with Crippen LogP contribution in [0.3, 0.4) is 0 Å². The van der Waals surface area contributed by atoms with Crippen molar-refractivity contribution in [3.05, 3.63) is 29.8 Å². The van der Waals surface area contributed by atoms with E-state index in [1.165, 1.54) is 12.1 Å². The van der Waals surface area contributed by atoms with Crippen LogP contribution in [-0.2, 0) is 16.3 Å². The first-order valence-electron chi connectivity index (χ1n) is 6.08. The third kappa shape index (κ3) is 4.48. The summed E-state index contributed by atoms with van der Waals surface area (Å²) in [6, 6.07) is 4.86. The van der Waals surface area contributed by atoms with E-state index in [0.29, 0.717) is 12.3 Å². The van der Waals surface area contributed by atoms with Crippen LogP contribution in [0.4, 0.5) is 13.2 Å². The Bertz CT molecular complexity index is 536. The van der Waals surface area contributed by atoms with Gasteiger partial charge in [-0.15, -0.1) is 0 Å². The molecule has 20 heavy (non-hydrogen) atoms. The minimum atomic E-state index is -5.26. The van der Waals surface area contributed by atoms with Crippen LogP contribution < -0.4 is 0 Å². The number of hydrogen-bond donors (Lipinski definition) is 0. The summed E-state index contributed by atoms with van der Waals surface area (Å²) < 4.78 is 59.5. The first-order chi connectivity index (χ1) is 9.04. The van der Waals surface area contributed by atoms with Crippen molar-refractivity contribution in [2.75, 3.05) is 0 Å². The van der Waals surface area contributed by atoms with Crippen molar-refractivity contribution in [2.45, 2.75) is 41.9 Å². The fraction of sp³-hybridized carbons (Fsp3) is 0.538. The number of rotatable bonds is 5. The van der Waals surface area contributed by atoms with Crippen LogP contribution in [-0.4, -0.2) is 18.8 Å². The molecule has 0 spiro atoms. The second-order valence-electron chi connectivity index (χ2n) is 5.02. The van der Waals surface area contributed by atoms with Crippen LogP contribution in [0, 0.1) is 5.92 Å². The van der Waals surface area contributed by atoms with Crippen molar-refractivity contribution < 1.29 is 21.6 Å². The van der Waals surface area contributed by atoms with E-state index in [1.54, 1.807) is 0 Å². The molecule has 1 rings (SSSR count). The molecule has 0 aliphatic heterocycles. The number of alkyl halides is 4. The molecule has 0 aliphatic carbocycles. The van der Waals surface area contributed by atoms with E-state index in [0.717, 1.165) is 24.1 Å². The molecule has 1 aromatic rings. The molecule has 0 fully saturated rings. The molecule has 0 saturated carbocycles. The minimum absolute atomic E-state index is 0.215. The van der Waals surface area contributed by atoms with E-state index >= 15 is 0 Å². The van der Waals surface area contributed by atoms with Crippen molar-refractivity contribution in [1.29, 1.82) is 0 Å². The highest BCUT2D eigenvalue weighted by molar-refractivity contribution is 9.09. The lowest BCUT2D eigenvalue weighted by Crippen LogP contribution is -2.23. The molecule has 0 N–H and O–H groups in total. The summed E-state index contributed by atoms with van der Waals surface area (Å²) in [7, 11) is -5.25. The molecule has 0 heterocycles. The lowest BCUT2D eigenvalue weighted by Gasteiger charge is -2.13. The summed E-state index contributed by atoms with van der Waals surface area (Å²) >= 11 is 3.51. The van der Waals surface area contributed by atoms with Gasteiger partial charge in [0.2, 0.25) is 0 Å². The molecule has 1 atom stereocenters. The van der Waals surface area contributed by atoms with Crippen molar-refractivity contribution in [1.82, 2.24) is 0 Å². The number of sulfone groups is 1. The molecular formula is C13H16BrF3O2S. The zero-order chi connectivity index (χ0) is 15.6. The number of hydrogen-bond acceptors (Lipinski definition) is 2. The maximum Gasteiger partial charge on any atom is 0.501 e. The van der Waals surface area contributed by atoms with Gasteiger partial charge >= 0.3 is 5.51 Å². The van der Waals surface area contributed by atoms with Crippen LogP contribution in [0.25, 0.3) is 0 Å². The lowest BCUT2D eigenvalue weighted by molar-refractivity contribution is -0.0436. The molecule has 1 aromatic carbocycles. The van der Waals surface area contributed by atoms with Crippen molar-refractivity contribution in [3.8, 4) is 0 Å². The first-order valence-corrected chi connectivity index (χ1v) is 8.48. The monoisotopic (exact) mass is 372 g/mol. The molecule has 0 aliphatic rings. The van der Waals surface area contributed by atoms with Gasteiger partial charge in [-0.25, -0.2) is 8.42 Å². The highest BCUT2D eigenvalue weighted by Gasteiger charge is 2.46. The molecule has 0 aromatic heterocycles. The summed E-state index contributed by atoms with van der Waals surface area (Å²) in [6.07, 6.45) is 1.58. The summed E-state index contributed by atoms with van der Waals surface area (Å²) in [5.74, 6) is 0.504. The average Bonchev–Trinajstić information content (AvgIpc) is 2.26. The Morgan fingerprint density at radius 3 is 2.05 bits per heavy atom. The quantitative estimate of drug-likeness (QED) is 0.720. The van der Waals surface area contributed by atoms with E-state index < -0.39 is 20.2 Å². The Kier molecular flexibility index (Phi) is 5.66. The summed E-state index contributed by atoms with van der Waals surface area (Å²) in [5, 5.41) is 0. The van der Waals surface area contributed by atoms with Gasteiger partial charge in [-0.2, -0.15) is 13.2 Å². The third-order valence-corrected chi connectivity index (χ3v) is 4.92. The molecule has 7 heteroatoms. The smallest absolute Gasteiger partial charge is 0.214 e. The predicted molar refractivity (Wildman–Crippen MR) is 75.6 cm³/mol. The van der Waals surface area contributed by atoms with Gasteiger partial charge < -0.3 is 0 Å². The van der Waals surface area contributed by atoms with E-state index in [-0.39, 0.29) is 4.83 Å². The summed E-state index contributed by atoms with van der Waals surface area (Å²) in [6.45, 7) is 4.15. The Morgan fingerprint density at radius 1 is 1.15 bits per heavy atom. The molecule has 0 saturated heterocycles. The van der Waals surface area contributed by atoms with Crippen molar-refractivity contribution in [3.63, 3.8) is 0 Å². The van der Waals surface area contributed by atoms with Gasteiger partial charge in [0, 0.05) is 4.83 Å². The van der Waals surface area contributed by atoms with Gasteiger partial charge in [-0.1, -0.05) is 41.9 Å². The molecule has 0 amide bonds. The Labute approximate surface area is 125 Å². The van der Waals surface area contributed by atoms with E-state index in [9.17, 15) is 21.6 Å². The second-order valence-corrected chi connectivity index (χ2v) is 8.26. The SMILES string of the molecule is CC(C)CC(Br)Cc1ccc(S(=O)(=O)C(F)(F)F)cc1. The molecule has 0 radical (unpaired) electrons. The normalized spacial score (nSPS) is 14.6. The molecule has 114 valence electrons. The Hall–Kier alpha value is -0.560. The minimum Gasteiger partial charge on any atom is -0.214 e. The van der Waals surface area contributed by atoms with E-state index in [2.05, 4.69) is 29.8 Å². The fourth-order valence-corrected chi connectivity index (χ4v) is 3.67. The van der Waals surface area contributed by atoms with Gasteiger partial charge in [0.15, 0.2) is 0 Å². The number of halogens is 4. The van der Waals surface area contributed by atoms with Crippen LogP contribution in [0.1, 0.15) is 25.8 Å². The largest absolute Gasteiger partial charge is 0.501 e. The molecule has 1 unspecified atom stereocenters. The summed E-state index contributed by atoms with van der Waals surface area (Å²) in [4.78, 5) is -0.503. The topological polar surface area (TPSA) is 34.1 Å². The second kappa shape index (κ2) is 6.47. The Balaban J connectivity index is 2.85. The van der Waals surface area contributed by atoms with E-state index in [1.807, 2.05) is 0 Å². The van der Waals surface area contributed by atoms with E-state index in [4.69, 9.17) is 0 Å². The lowest BCUT2D eigenvalue weighted by atomic mass is 10.0. The van der Waals surface area contributed by atoms with Crippen LogP contribution in [0.2, 0.25) is 0 Å². The zero-order valence-electron chi connectivity index (χ0n) is 11.1. The van der Waals surface area contributed by atoms with Gasteiger partial charge in [0.25, 0.3) is 9.84 Å². The fourth-order valence-electron chi connectivity index (χ4n) is 1.79. The first kappa shape index (κ1) is 17.5. The molecule has 2 nitrogen and oxygen atoms in total. The van der Waals surface area contributed by atoms with Crippen molar-refractivity contribution >= 4 is 25.8 Å². The van der Waals surface area contributed by atoms with Gasteiger partial charge in [-0.05, 0) is 36.5 Å².